The maximum absolute atomic E-state index is 10.8. The van der Waals surface area contributed by atoms with E-state index in [0.29, 0.717) is 10.7 Å². The van der Waals surface area contributed by atoms with Gasteiger partial charge in [-0.3, -0.25) is 4.57 Å². The Morgan fingerprint density at radius 1 is 0.391 bits per heavy atom. The predicted molar refractivity (Wildman–Crippen MR) is 213 cm³/mol. The molecule has 0 bridgehead atoms. The van der Waals surface area contributed by atoms with Gasteiger partial charge in [0.2, 0.25) is 0 Å². The number of hydrogen-bond donors (Lipinski definition) is 4. The highest BCUT2D eigenvalue weighted by molar-refractivity contribution is 8.11. The number of thiocarbonyl (C=S) groups is 1. The first-order valence-corrected chi connectivity index (χ1v) is 23.1. The number of hydrogen-bond acceptors (Lipinski definition) is 2. The molecule has 0 saturated carbocycles. The lowest BCUT2D eigenvalue weighted by Crippen LogP contribution is -2.17. The normalized spacial score (nSPS) is 11.8. The maximum Gasteiger partial charge on any atom is 0.325 e. The van der Waals surface area contributed by atoms with E-state index in [2.05, 4.69) is 17.9 Å². The Morgan fingerprint density at radius 3 is 0.739 bits per heavy atom. The van der Waals surface area contributed by atoms with E-state index in [1.165, 1.54) is 212 Å². The van der Waals surface area contributed by atoms with Crippen molar-refractivity contribution >= 4 is 36.8 Å². The van der Waals surface area contributed by atoms with Crippen LogP contribution in [0, 0.1) is 0 Å². The molecule has 0 spiro atoms. The fraction of sp³-hybridized carbons (Fsp3) is 0.974. The lowest BCUT2D eigenvalue weighted by Gasteiger charge is -2.05. The van der Waals surface area contributed by atoms with Crippen molar-refractivity contribution in [2.75, 3.05) is 12.7 Å². The minimum Gasteiger partial charge on any atom is -0.371 e. The first-order valence-electron chi connectivity index (χ1n) is 20.4. The van der Waals surface area contributed by atoms with Crippen molar-refractivity contribution in [3.8, 4) is 0 Å². The van der Waals surface area contributed by atoms with Gasteiger partial charge in [-0.1, -0.05) is 231 Å². The molecule has 0 saturated heterocycles. The number of rotatable bonds is 39. The molecule has 0 heterocycles. The van der Waals surface area contributed by atoms with Crippen LogP contribution in [0.1, 0.15) is 231 Å². The van der Waals surface area contributed by atoms with Crippen molar-refractivity contribution < 1.29 is 14.4 Å². The lowest BCUT2D eigenvalue weighted by atomic mass is 10.0. The third kappa shape index (κ3) is 44.4. The van der Waals surface area contributed by atoms with E-state index >= 15 is 0 Å². The molecular weight excluding hydrogens is 626 g/mol. The zero-order valence-corrected chi connectivity index (χ0v) is 33.1. The second kappa shape index (κ2) is 38.2. The van der Waals surface area contributed by atoms with Gasteiger partial charge < -0.3 is 15.1 Å². The van der Waals surface area contributed by atoms with Crippen LogP contribution in [0.5, 0.6) is 0 Å². The number of thiol groups is 1. The van der Waals surface area contributed by atoms with Gasteiger partial charge in [0.05, 0.1) is 0 Å². The molecule has 0 aliphatic rings. The summed E-state index contributed by atoms with van der Waals surface area (Å²) in [5.41, 5.74) is 0. The van der Waals surface area contributed by atoms with Gasteiger partial charge in [0, 0.05) is 12.7 Å². The molecule has 3 N–H and O–H groups in total. The van der Waals surface area contributed by atoms with E-state index in [1.54, 1.807) is 0 Å². The fourth-order valence-electron chi connectivity index (χ4n) is 6.65. The molecule has 0 aliphatic carbocycles. The molecule has 0 radical (unpaired) electrons. The average molecular weight is 706 g/mol. The molecule has 0 unspecified atom stereocenters. The van der Waals surface area contributed by atoms with Crippen LogP contribution in [0.25, 0.3) is 0 Å². The van der Waals surface area contributed by atoms with Crippen molar-refractivity contribution in [3.63, 3.8) is 0 Å². The zero-order chi connectivity index (χ0) is 33.7. The summed E-state index contributed by atoms with van der Waals surface area (Å²) in [5.74, 6) is 0. The van der Waals surface area contributed by atoms with Crippen LogP contribution < -0.4 is 5.32 Å². The molecule has 4 nitrogen and oxygen atoms in total. The molecule has 0 atom stereocenters. The summed E-state index contributed by atoms with van der Waals surface area (Å²) in [6, 6.07) is 0. The zero-order valence-electron chi connectivity index (χ0n) is 30.5. The second-order valence-electron chi connectivity index (χ2n) is 14.3. The van der Waals surface area contributed by atoms with E-state index in [0.717, 1.165) is 19.4 Å². The fourth-order valence-corrected chi connectivity index (χ4v) is 7.50. The summed E-state index contributed by atoms with van der Waals surface area (Å²) in [7, 11) is -3.78. The quantitative estimate of drug-likeness (QED) is 0.0222. The monoisotopic (exact) mass is 706 g/mol. The third-order valence-electron chi connectivity index (χ3n) is 9.65. The third-order valence-corrected chi connectivity index (χ3v) is 10.9. The van der Waals surface area contributed by atoms with Gasteiger partial charge in [0.1, 0.15) is 4.32 Å². The smallest absolute Gasteiger partial charge is 0.325 e. The molecule has 0 fully saturated rings. The molecule has 0 rings (SSSR count). The van der Waals surface area contributed by atoms with Gasteiger partial charge in [-0.2, -0.15) is 0 Å². The first kappa shape index (κ1) is 46.4. The highest BCUT2D eigenvalue weighted by atomic mass is 32.1. The first-order chi connectivity index (χ1) is 22.4. The average Bonchev–Trinajstić information content (AvgIpc) is 3.01. The molecule has 0 amide bonds. The minimum absolute atomic E-state index is 0.0594. The standard InChI is InChI=1S/C39H80NO3PS2/c41-44(42,43)38-36-34-32-30-28-26-24-22-20-18-16-14-12-10-8-6-4-2-1-3-5-7-9-11-13-15-17-19-21-23-25-27-29-31-33-35-37-40-39(45)46/h1-38H2,(H2,40,45,46)(H2,41,42,43). The summed E-state index contributed by atoms with van der Waals surface area (Å²) in [6.07, 6.45) is 49.4. The predicted octanol–water partition coefficient (Wildman–Crippen LogP) is 14.0. The van der Waals surface area contributed by atoms with Crippen LogP contribution in [-0.2, 0) is 4.57 Å². The molecule has 46 heavy (non-hydrogen) atoms. The molecule has 0 aromatic heterocycles. The van der Waals surface area contributed by atoms with E-state index in [9.17, 15) is 4.57 Å². The van der Waals surface area contributed by atoms with Gasteiger partial charge in [-0.25, -0.2) is 0 Å². The molecule has 0 aromatic carbocycles. The Balaban J connectivity index is 3.06. The Hall–Kier alpha value is 0.390. The van der Waals surface area contributed by atoms with Crippen LogP contribution in [0.15, 0.2) is 0 Å². The SMILES string of the molecule is O=P(O)(O)CCCCCCCCCCCCCCCCCCCCCCCCCCCCCCCCCCCCCCNC(=S)S. The molecular formula is C39H80NO3PS2. The van der Waals surface area contributed by atoms with Crippen molar-refractivity contribution in [2.24, 2.45) is 0 Å². The van der Waals surface area contributed by atoms with Gasteiger partial charge >= 0.3 is 7.60 Å². The van der Waals surface area contributed by atoms with E-state index in [1.807, 2.05) is 0 Å². The summed E-state index contributed by atoms with van der Waals surface area (Å²) in [6.45, 7) is 0.980. The molecule has 276 valence electrons. The number of nitrogens with one attached hydrogen (secondary N) is 1. The van der Waals surface area contributed by atoms with E-state index < -0.39 is 7.60 Å². The van der Waals surface area contributed by atoms with Crippen molar-refractivity contribution in [1.29, 1.82) is 0 Å². The molecule has 7 heteroatoms. The summed E-state index contributed by atoms with van der Waals surface area (Å²) in [5, 5.41) is 3.11. The van der Waals surface area contributed by atoms with Crippen LogP contribution >= 0.6 is 32.4 Å². The molecule has 0 aromatic rings. The maximum atomic E-state index is 10.8. The van der Waals surface area contributed by atoms with Crippen molar-refractivity contribution in [2.45, 2.75) is 231 Å². The van der Waals surface area contributed by atoms with Crippen LogP contribution in [-0.4, -0.2) is 26.8 Å². The highest BCUT2D eigenvalue weighted by Gasteiger charge is 2.10. The number of unbranched alkanes of at least 4 members (excludes halogenated alkanes) is 35. The van der Waals surface area contributed by atoms with Gasteiger partial charge in [-0.05, 0) is 12.8 Å². The van der Waals surface area contributed by atoms with Crippen LogP contribution in [0.4, 0.5) is 0 Å². The van der Waals surface area contributed by atoms with Gasteiger partial charge in [0.25, 0.3) is 0 Å². The van der Waals surface area contributed by atoms with E-state index in [4.69, 9.17) is 22.0 Å². The van der Waals surface area contributed by atoms with Crippen LogP contribution in [0.3, 0.4) is 0 Å². The Morgan fingerprint density at radius 2 is 0.565 bits per heavy atom. The summed E-state index contributed by atoms with van der Waals surface area (Å²) < 4.78 is 11.4. The van der Waals surface area contributed by atoms with Crippen molar-refractivity contribution in [3.05, 3.63) is 0 Å². The van der Waals surface area contributed by atoms with Gasteiger partial charge in [0.15, 0.2) is 0 Å². The largest absolute Gasteiger partial charge is 0.371 e. The lowest BCUT2D eigenvalue weighted by molar-refractivity contribution is 0.370. The van der Waals surface area contributed by atoms with Crippen LogP contribution in [0.2, 0.25) is 0 Å². The van der Waals surface area contributed by atoms with Crippen molar-refractivity contribution in [1.82, 2.24) is 5.32 Å². The Labute approximate surface area is 299 Å². The Bertz CT molecular complexity index is 661. The highest BCUT2D eigenvalue weighted by Crippen LogP contribution is 2.35. The minimum atomic E-state index is -3.78. The van der Waals surface area contributed by atoms with Gasteiger partial charge in [-0.15, -0.1) is 12.6 Å². The summed E-state index contributed by atoms with van der Waals surface area (Å²) >= 11 is 8.99. The second-order valence-corrected chi connectivity index (χ2v) is 17.3. The summed E-state index contributed by atoms with van der Waals surface area (Å²) in [4.78, 5) is 17.7. The van der Waals surface area contributed by atoms with E-state index in [-0.39, 0.29) is 6.16 Å². The molecule has 0 aliphatic heterocycles. The topological polar surface area (TPSA) is 69.6 Å². The Kier molecular flexibility index (Phi) is 38.5.